The highest BCUT2D eigenvalue weighted by molar-refractivity contribution is 5.93. The van der Waals surface area contributed by atoms with Gasteiger partial charge in [-0.1, -0.05) is 26.0 Å². The smallest absolute Gasteiger partial charge is 0.227 e. The van der Waals surface area contributed by atoms with Crippen LogP contribution in [0.1, 0.15) is 50.8 Å². The minimum atomic E-state index is 0.0306. The molecule has 1 saturated heterocycles. The highest BCUT2D eigenvalue weighted by Crippen LogP contribution is 2.30. The first-order valence-electron chi connectivity index (χ1n) is 11.0. The topological polar surface area (TPSA) is 63.1 Å². The normalized spacial score (nSPS) is 15.2. The van der Waals surface area contributed by atoms with Crippen molar-refractivity contribution in [2.24, 2.45) is 5.92 Å². The van der Waals surface area contributed by atoms with Crippen LogP contribution in [0.15, 0.2) is 36.5 Å². The standard InChI is InChI=1S/C24H31N5O/c1-5-29-22-21(17(4)27-29)10-13-25-23(22)28-14-11-19(12-15-28)24(30)26-20-8-6-18(7-9-20)16(2)3/h6-10,13,16,19H,5,11-12,14-15H2,1-4H3,(H,26,30). The first-order valence-corrected chi connectivity index (χ1v) is 11.0. The average Bonchev–Trinajstić information content (AvgIpc) is 3.10. The van der Waals surface area contributed by atoms with E-state index >= 15 is 0 Å². The van der Waals surface area contributed by atoms with Crippen molar-refractivity contribution >= 4 is 28.3 Å². The SMILES string of the molecule is CCn1nc(C)c2ccnc(N3CCC(C(=O)Nc4ccc(C(C)C)cc4)CC3)c21. The second-order valence-electron chi connectivity index (χ2n) is 8.46. The van der Waals surface area contributed by atoms with Crippen LogP contribution in [0.3, 0.4) is 0 Å². The van der Waals surface area contributed by atoms with Gasteiger partial charge in [0, 0.05) is 42.8 Å². The molecule has 4 rings (SSSR count). The third-order valence-electron chi connectivity index (χ3n) is 6.13. The number of carbonyl (C=O) groups excluding carboxylic acids is 1. The Morgan fingerprint density at radius 1 is 1.17 bits per heavy atom. The Morgan fingerprint density at radius 3 is 2.50 bits per heavy atom. The van der Waals surface area contributed by atoms with E-state index in [1.165, 1.54) is 5.56 Å². The predicted octanol–water partition coefficient (Wildman–Crippen LogP) is 4.74. The number of hydrogen-bond donors (Lipinski definition) is 1. The van der Waals surface area contributed by atoms with Crippen LogP contribution in [0.2, 0.25) is 0 Å². The second-order valence-corrected chi connectivity index (χ2v) is 8.46. The van der Waals surface area contributed by atoms with E-state index in [9.17, 15) is 4.79 Å². The lowest BCUT2D eigenvalue weighted by Gasteiger charge is -2.32. The molecule has 1 amide bonds. The van der Waals surface area contributed by atoms with E-state index in [-0.39, 0.29) is 11.8 Å². The number of aryl methyl sites for hydroxylation is 2. The summed E-state index contributed by atoms with van der Waals surface area (Å²) in [6.45, 7) is 11.0. The maximum Gasteiger partial charge on any atom is 0.227 e. The van der Waals surface area contributed by atoms with Crippen LogP contribution in [0.4, 0.5) is 11.5 Å². The van der Waals surface area contributed by atoms with Gasteiger partial charge in [0.05, 0.1) is 5.69 Å². The summed E-state index contributed by atoms with van der Waals surface area (Å²) in [6.07, 6.45) is 3.52. The van der Waals surface area contributed by atoms with E-state index < -0.39 is 0 Å². The Hall–Kier alpha value is -2.89. The van der Waals surface area contributed by atoms with Gasteiger partial charge in [-0.2, -0.15) is 5.10 Å². The first-order chi connectivity index (χ1) is 14.5. The number of anilines is 2. The highest BCUT2D eigenvalue weighted by atomic mass is 16.1. The number of piperidine rings is 1. The number of nitrogens with zero attached hydrogens (tertiary/aromatic N) is 4. The third-order valence-corrected chi connectivity index (χ3v) is 6.13. The summed E-state index contributed by atoms with van der Waals surface area (Å²) < 4.78 is 2.03. The molecular formula is C24H31N5O. The number of benzene rings is 1. The van der Waals surface area contributed by atoms with Gasteiger partial charge in [-0.3, -0.25) is 9.48 Å². The fourth-order valence-corrected chi connectivity index (χ4v) is 4.28. The lowest BCUT2D eigenvalue weighted by molar-refractivity contribution is -0.120. The summed E-state index contributed by atoms with van der Waals surface area (Å²) in [7, 11) is 0. The minimum Gasteiger partial charge on any atom is -0.355 e. The van der Waals surface area contributed by atoms with Crippen LogP contribution in [-0.2, 0) is 11.3 Å². The van der Waals surface area contributed by atoms with Gasteiger partial charge in [-0.15, -0.1) is 0 Å². The molecule has 0 unspecified atom stereocenters. The molecule has 6 heteroatoms. The number of aromatic nitrogens is 3. The lowest BCUT2D eigenvalue weighted by Crippen LogP contribution is -2.38. The lowest BCUT2D eigenvalue weighted by atomic mass is 9.95. The number of fused-ring (bicyclic) bond motifs is 1. The number of hydrogen-bond acceptors (Lipinski definition) is 4. The summed E-state index contributed by atoms with van der Waals surface area (Å²) in [5.41, 5.74) is 4.30. The van der Waals surface area contributed by atoms with Crippen molar-refractivity contribution in [1.29, 1.82) is 0 Å². The summed E-state index contributed by atoms with van der Waals surface area (Å²) in [5.74, 6) is 1.62. The van der Waals surface area contributed by atoms with Crippen molar-refractivity contribution in [2.45, 2.75) is 53.0 Å². The van der Waals surface area contributed by atoms with Crippen molar-refractivity contribution in [3.05, 3.63) is 47.8 Å². The van der Waals surface area contributed by atoms with Crippen molar-refractivity contribution in [2.75, 3.05) is 23.3 Å². The molecule has 6 nitrogen and oxygen atoms in total. The summed E-state index contributed by atoms with van der Waals surface area (Å²) >= 11 is 0. The van der Waals surface area contributed by atoms with E-state index in [0.717, 1.165) is 60.6 Å². The molecule has 1 aliphatic rings. The van der Waals surface area contributed by atoms with Crippen LogP contribution >= 0.6 is 0 Å². The highest BCUT2D eigenvalue weighted by Gasteiger charge is 2.27. The third kappa shape index (κ3) is 3.91. The van der Waals surface area contributed by atoms with Gasteiger partial charge in [0.1, 0.15) is 5.52 Å². The van der Waals surface area contributed by atoms with E-state index in [0.29, 0.717) is 5.92 Å². The maximum atomic E-state index is 12.8. The maximum absolute atomic E-state index is 12.8. The Kier molecular flexibility index (Phi) is 5.75. The van der Waals surface area contributed by atoms with E-state index in [4.69, 9.17) is 0 Å². The van der Waals surface area contributed by atoms with Crippen LogP contribution in [0.25, 0.3) is 10.9 Å². The predicted molar refractivity (Wildman–Crippen MR) is 122 cm³/mol. The molecule has 30 heavy (non-hydrogen) atoms. The Labute approximate surface area is 178 Å². The minimum absolute atomic E-state index is 0.0306. The monoisotopic (exact) mass is 405 g/mol. The van der Waals surface area contributed by atoms with Gasteiger partial charge >= 0.3 is 0 Å². The zero-order valence-electron chi connectivity index (χ0n) is 18.4. The zero-order chi connectivity index (χ0) is 21.3. The Morgan fingerprint density at radius 2 is 1.87 bits per heavy atom. The molecule has 1 N–H and O–H groups in total. The number of rotatable bonds is 5. The van der Waals surface area contributed by atoms with Crippen molar-refractivity contribution < 1.29 is 4.79 Å². The van der Waals surface area contributed by atoms with Crippen LogP contribution < -0.4 is 10.2 Å². The molecule has 0 spiro atoms. The van der Waals surface area contributed by atoms with Crippen molar-refractivity contribution in [3.8, 4) is 0 Å². The van der Waals surface area contributed by atoms with Gasteiger partial charge in [-0.05, 0) is 56.4 Å². The molecule has 0 aliphatic carbocycles. The van der Waals surface area contributed by atoms with E-state index in [1.54, 1.807) is 0 Å². The number of nitrogens with one attached hydrogen (secondary N) is 1. The Balaban J connectivity index is 1.43. The quantitative estimate of drug-likeness (QED) is 0.666. The summed E-state index contributed by atoms with van der Waals surface area (Å²) in [6, 6.07) is 10.2. The summed E-state index contributed by atoms with van der Waals surface area (Å²) in [4.78, 5) is 19.8. The molecule has 1 aromatic carbocycles. The molecule has 3 aromatic rings. The molecule has 158 valence electrons. The van der Waals surface area contributed by atoms with Crippen molar-refractivity contribution in [3.63, 3.8) is 0 Å². The molecule has 0 bridgehead atoms. The molecule has 0 saturated carbocycles. The van der Waals surface area contributed by atoms with Gasteiger partial charge in [-0.25, -0.2) is 4.98 Å². The molecule has 1 fully saturated rings. The number of carbonyl (C=O) groups is 1. The fraction of sp³-hybridized carbons (Fsp3) is 0.458. The van der Waals surface area contributed by atoms with Crippen molar-refractivity contribution in [1.82, 2.24) is 14.8 Å². The second kappa shape index (κ2) is 8.46. The number of pyridine rings is 1. The molecule has 2 aromatic heterocycles. The van der Waals surface area contributed by atoms with Gasteiger partial charge in [0.15, 0.2) is 5.82 Å². The largest absolute Gasteiger partial charge is 0.355 e. The fourth-order valence-electron chi connectivity index (χ4n) is 4.28. The molecule has 3 heterocycles. The average molecular weight is 406 g/mol. The van der Waals surface area contributed by atoms with E-state index in [1.807, 2.05) is 36.0 Å². The molecular weight excluding hydrogens is 374 g/mol. The Bertz CT molecular complexity index is 1030. The van der Waals surface area contributed by atoms with E-state index in [2.05, 4.69) is 53.2 Å². The molecule has 0 radical (unpaired) electrons. The summed E-state index contributed by atoms with van der Waals surface area (Å²) in [5, 5.41) is 8.91. The van der Waals surface area contributed by atoms with Gasteiger partial charge < -0.3 is 10.2 Å². The molecule has 1 aliphatic heterocycles. The number of amides is 1. The van der Waals surface area contributed by atoms with Gasteiger partial charge in [0.2, 0.25) is 5.91 Å². The zero-order valence-corrected chi connectivity index (χ0v) is 18.4. The van der Waals surface area contributed by atoms with Gasteiger partial charge in [0.25, 0.3) is 0 Å². The molecule has 0 atom stereocenters. The first kappa shape index (κ1) is 20.4. The van der Waals surface area contributed by atoms with Crippen LogP contribution in [-0.4, -0.2) is 33.8 Å². The van der Waals surface area contributed by atoms with Crippen LogP contribution in [0, 0.1) is 12.8 Å². The van der Waals surface area contributed by atoms with Crippen LogP contribution in [0.5, 0.6) is 0 Å².